The molecule has 0 radical (unpaired) electrons. The van der Waals surface area contributed by atoms with Gasteiger partial charge in [0.2, 0.25) is 5.91 Å². The van der Waals surface area contributed by atoms with E-state index in [-0.39, 0.29) is 11.9 Å². The van der Waals surface area contributed by atoms with Crippen LogP contribution in [0.2, 0.25) is 0 Å². The lowest BCUT2D eigenvalue weighted by Gasteiger charge is -2.32. The molecule has 0 aromatic rings. The number of hydrogen-bond acceptors (Lipinski definition) is 4. The Morgan fingerprint density at radius 1 is 1.35 bits per heavy atom. The Bertz CT molecular complexity index is 341. The lowest BCUT2D eigenvalue weighted by atomic mass is 10.1. The van der Waals surface area contributed by atoms with Crippen LogP contribution < -0.4 is 5.32 Å². The van der Waals surface area contributed by atoms with Crippen LogP contribution in [0, 0.1) is 0 Å². The van der Waals surface area contributed by atoms with Crippen LogP contribution in [0.5, 0.6) is 0 Å². The summed E-state index contributed by atoms with van der Waals surface area (Å²) in [5.74, 6) is -0.413. The van der Waals surface area contributed by atoms with E-state index >= 15 is 0 Å². The van der Waals surface area contributed by atoms with Crippen LogP contribution in [0.4, 0.5) is 0 Å². The van der Waals surface area contributed by atoms with Crippen molar-refractivity contribution in [3.8, 4) is 0 Å². The number of aliphatic carboxylic acids is 1. The van der Waals surface area contributed by atoms with E-state index in [1.54, 1.807) is 11.8 Å². The van der Waals surface area contributed by atoms with Crippen LogP contribution in [0.3, 0.4) is 0 Å². The molecule has 0 saturated carbocycles. The van der Waals surface area contributed by atoms with E-state index in [0.29, 0.717) is 18.5 Å². The number of carbonyl (C=O) groups excluding carboxylic acids is 1. The zero-order valence-corrected chi connectivity index (χ0v) is 13.6. The van der Waals surface area contributed by atoms with Gasteiger partial charge in [-0.1, -0.05) is 0 Å². The molecule has 1 aliphatic heterocycles. The molecule has 4 atom stereocenters. The first kappa shape index (κ1) is 17.3. The number of rotatable bonds is 7. The summed E-state index contributed by atoms with van der Waals surface area (Å²) in [6, 6.07) is -0.315. The van der Waals surface area contributed by atoms with E-state index in [1.807, 2.05) is 13.2 Å². The Morgan fingerprint density at radius 3 is 2.35 bits per heavy atom. The lowest BCUT2D eigenvalue weighted by molar-refractivity contribution is -0.142. The third-order valence-corrected chi connectivity index (χ3v) is 4.72. The highest BCUT2D eigenvalue weighted by molar-refractivity contribution is 7.98. The van der Waals surface area contributed by atoms with Crippen molar-refractivity contribution in [2.45, 2.75) is 64.2 Å². The van der Waals surface area contributed by atoms with Crippen LogP contribution in [-0.4, -0.2) is 58.1 Å². The van der Waals surface area contributed by atoms with Crippen LogP contribution in [0.1, 0.15) is 40.0 Å². The second-order valence-electron chi connectivity index (χ2n) is 5.58. The van der Waals surface area contributed by atoms with Gasteiger partial charge in [-0.25, -0.2) is 4.79 Å². The Kier molecular flexibility index (Phi) is 6.82. The standard InChI is InChI=1S/C14H26N2O3S/c1-9-5-6-10(2)16(9)11(3)13(17)15-12(14(18)19)7-8-20-4/h9-12H,5-8H2,1-4H3,(H,15,17)(H,18,19). The monoisotopic (exact) mass is 302 g/mol. The Labute approximate surface area is 125 Å². The topological polar surface area (TPSA) is 69.6 Å². The van der Waals surface area contributed by atoms with Crippen molar-refractivity contribution < 1.29 is 14.7 Å². The zero-order chi connectivity index (χ0) is 15.3. The minimum Gasteiger partial charge on any atom is -0.480 e. The van der Waals surface area contributed by atoms with Gasteiger partial charge in [0.25, 0.3) is 0 Å². The molecule has 0 bridgehead atoms. The second kappa shape index (κ2) is 7.88. The Balaban J connectivity index is 2.61. The number of likely N-dealkylation sites (tertiary alicyclic amines) is 1. The third-order valence-electron chi connectivity index (χ3n) is 4.07. The summed E-state index contributed by atoms with van der Waals surface area (Å²) in [7, 11) is 0. The minimum atomic E-state index is -0.956. The number of amides is 1. The SMILES string of the molecule is CSCCC(NC(=O)C(C)N1C(C)CCC1C)C(=O)O. The molecule has 1 saturated heterocycles. The molecule has 2 N–H and O–H groups in total. The number of thioether (sulfide) groups is 1. The van der Waals surface area contributed by atoms with Gasteiger partial charge in [0.15, 0.2) is 0 Å². The summed E-state index contributed by atoms with van der Waals surface area (Å²) in [5, 5.41) is 11.8. The summed E-state index contributed by atoms with van der Waals surface area (Å²) in [6.45, 7) is 6.10. The maximum Gasteiger partial charge on any atom is 0.326 e. The molecule has 1 amide bonds. The fourth-order valence-corrected chi connectivity index (χ4v) is 3.37. The average molecular weight is 302 g/mol. The predicted molar refractivity (Wildman–Crippen MR) is 82.0 cm³/mol. The van der Waals surface area contributed by atoms with E-state index in [9.17, 15) is 9.59 Å². The molecule has 0 aromatic carbocycles. The van der Waals surface area contributed by atoms with Crippen LogP contribution in [0.25, 0.3) is 0 Å². The van der Waals surface area contributed by atoms with Crippen LogP contribution in [-0.2, 0) is 9.59 Å². The number of carboxylic acids is 1. The number of nitrogens with zero attached hydrogens (tertiary/aromatic N) is 1. The van der Waals surface area contributed by atoms with Crippen molar-refractivity contribution in [1.82, 2.24) is 10.2 Å². The predicted octanol–water partition coefficient (Wildman–Crippen LogP) is 1.57. The molecule has 1 fully saturated rings. The van der Waals surface area contributed by atoms with Gasteiger partial charge in [-0.15, -0.1) is 0 Å². The summed E-state index contributed by atoms with van der Waals surface area (Å²) >= 11 is 1.58. The summed E-state index contributed by atoms with van der Waals surface area (Å²) in [6.07, 6.45) is 4.57. The molecule has 116 valence electrons. The third kappa shape index (κ3) is 4.38. The average Bonchev–Trinajstić information content (AvgIpc) is 2.72. The van der Waals surface area contributed by atoms with Crippen molar-refractivity contribution in [1.29, 1.82) is 0 Å². The van der Waals surface area contributed by atoms with Crippen molar-refractivity contribution >= 4 is 23.6 Å². The molecular formula is C14H26N2O3S. The highest BCUT2D eigenvalue weighted by Gasteiger charge is 2.35. The van der Waals surface area contributed by atoms with Gasteiger partial charge < -0.3 is 10.4 Å². The minimum absolute atomic E-state index is 0.181. The molecule has 1 rings (SSSR count). The molecule has 0 aliphatic carbocycles. The van der Waals surface area contributed by atoms with Gasteiger partial charge in [-0.05, 0) is 52.0 Å². The second-order valence-corrected chi connectivity index (χ2v) is 6.57. The number of hydrogen-bond donors (Lipinski definition) is 2. The lowest BCUT2D eigenvalue weighted by Crippen LogP contribution is -2.53. The molecule has 1 heterocycles. The summed E-state index contributed by atoms with van der Waals surface area (Å²) in [4.78, 5) is 25.6. The molecule has 4 unspecified atom stereocenters. The largest absolute Gasteiger partial charge is 0.480 e. The van der Waals surface area contributed by atoms with E-state index in [4.69, 9.17) is 5.11 Å². The maximum atomic E-state index is 12.3. The zero-order valence-electron chi connectivity index (χ0n) is 12.8. The van der Waals surface area contributed by atoms with Crippen molar-refractivity contribution in [3.63, 3.8) is 0 Å². The van der Waals surface area contributed by atoms with Crippen molar-refractivity contribution in [3.05, 3.63) is 0 Å². The van der Waals surface area contributed by atoms with Gasteiger partial charge in [-0.2, -0.15) is 11.8 Å². The number of carbonyl (C=O) groups is 2. The number of carboxylic acid groups (broad SMARTS) is 1. The molecule has 6 heteroatoms. The van der Waals surface area contributed by atoms with E-state index in [1.165, 1.54) is 0 Å². The fourth-order valence-electron chi connectivity index (χ4n) is 2.90. The quantitative estimate of drug-likeness (QED) is 0.747. The van der Waals surface area contributed by atoms with Crippen molar-refractivity contribution in [2.75, 3.05) is 12.0 Å². The van der Waals surface area contributed by atoms with E-state index in [0.717, 1.165) is 18.6 Å². The maximum absolute atomic E-state index is 12.3. The first-order valence-electron chi connectivity index (χ1n) is 7.18. The molecule has 20 heavy (non-hydrogen) atoms. The fraction of sp³-hybridized carbons (Fsp3) is 0.857. The first-order valence-corrected chi connectivity index (χ1v) is 8.57. The van der Waals surface area contributed by atoms with Crippen LogP contribution >= 0.6 is 11.8 Å². The normalized spacial score (nSPS) is 26.2. The number of nitrogens with one attached hydrogen (secondary N) is 1. The summed E-state index contributed by atoms with van der Waals surface area (Å²) in [5.41, 5.74) is 0. The Morgan fingerprint density at radius 2 is 1.90 bits per heavy atom. The van der Waals surface area contributed by atoms with Gasteiger partial charge in [0, 0.05) is 12.1 Å². The molecule has 5 nitrogen and oxygen atoms in total. The molecule has 1 aliphatic rings. The van der Waals surface area contributed by atoms with Gasteiger partial charge in [0.1, 0.15) is 6.04 Å². The highest BCUT2D eigenvalue weighted by Crippen LogP contribution is 2.25. The van der Waals surface area contributed by atoms with Gasteiger partial charge in [-0.3, -0.25) is 9.69 Å². The van der Waals surface area contributed by atoms with Gasteiger partial charge in [0.05, 0.1) is 6.04 Å². The highest BCUT2D eigenvalue weighted by atomic mass is 32.2. The molecular weight excluding hydrogens is 276 g/mol. The van der Waals surface area contributed by atoms with Crippen molar-refractivity contribution in [2.24, 2.45) is 0 Å². The Hall–Kier alpha value is -0.750. The smallest absolute Gasteiger partial charge is 0.326 e. The molecule has 0 aromatic heterocycles. The van der Waals surface area contributed by atoms with E-state index < -0.39 is 12.0 Å². The summed E-state index contributed by atoms with van der Waals surface area (Å²) < 4.78 is 0. The van der Waals surface area contributed by atoms with E-state index in [2.05, 4.69) is 24.1 Å². The first-order chi connectivity index (χ1) is 9.38. The van der Waals surface area contributed by atoms with Gasteiger partial charge >= 0.3 is 5.97 Å². The molecule has 0 spiro atoms. The van der Waals surface area contributed by atoms with Crippen LogP contribution in [0.15, 0.2) is 0 Å².